The lowest BCUT2D eigenvalue weighted by molar-refractivity contribution is -0.00804. The maximum atomic E-state index is 11.4. The third-order valence-corrected chi connectivity index (χ3v) is 6.54. The molecule has 9 nitrogen and oxygen atoms in total. The Hall–Kier alpha value is -1.95. The number of primary sulfonamides is 1. The van der Waals surface area contributed by atoms with Crippen molar-refractivity contribution >= 4 is 27.3 Å². The third-order valence-electron chi connectivity index (χ3n) is 4.01. The third kappa shape index (κ3) is 4.41. The summed E-state index contributed by atoms with van der Waals surface area (Å²) in [5.74, 6) is 0.743. The van der Waals surface area contributed by atoms with Gasteiger partial charge in [-0.25, -0.2) is 13.6 Å². The molecule has 0 bridgehead atoms. The molecule has 3 N–H and O–H groups in total. The van der Waals surface area contributed by atoms with Gasteiger partial charge in [0.25, 0.3) is 0 Å². The Kier molecular flexibility index (Phi) is 5.61. The first-order chi connectivity index (χ1) is 12.4. The maximum absolute atomic E-state index is 11.4. The predicted octanol–water partition coefficient (Wildman–Crippen LogP) is 0.278. The Labute approximate surface area is 156 Å². The molecule has 26 heavy (non-hydrogen) atoms. The Morgan fingerprint density at radius 2 is 2.35 bits per heavy atom. The van der Waals surface area contributed by atoms with Gasteiger partial charge in [0.05, 0.1) is 25.9 Å². The minimum atomic E-state index is -3.66. The maximum Gasteiger partial charge on any atom is 0.247 e. The second-order valence-electron chi connectivity index (χ2n) is 5.92. The fourth-order valence-electron chi connectivity index (χ4n) is 2.75. The monoisotopic (exact) mass is 398 g/mol. The van der Waals surface area contributed by atoms with Gasteiger partial charge in [0, 0.05) is 37.3 Å². The summed E-state index contributed by atoms with van der Waals surface area (Å²) in [7, 11) is -0.0572. The number of aryl methyl sites for hydroxylation is 1. The van der Waals surface area contributed by atoms with Crippen LogP contribution in [0.3, 0.4) is 0 Å². The van der Waals surface area contributed by atoms with Crippen molar-refractivity contribution in [3.05, 3.63) is 35.0 Å². The zero-order valence-electron chi connectivity index (χ0n) is 14.6. The number of hydrogen-bond donors (Lipinski definition) is 2. The summed E-state index contributed by atoms with van der Waals surface area (Å²) in [6.45, 7) is 2.46. The summed E-state index contributed by atoms with van der Waals surface area (Å²) >= 11 is 1.15. The van der Waals surface area contributed by atoms with Crippen LogP contribution in [0.25, 0.3) is 0 Å². The van der Waals surface area contributed by atoms with E-state index < -0.39 is 10.0 Å². The fraction of sp³-hybridized carbons (Fsp3) is 0.467. The largest absolute Gasteiger partial charge is 0.370 e. The van der Waals surface area contributed by atoms with Gasteiger partial charge in [-0.1, -0.05) is 0 Å². The highest BCUT2D eigenvalue weighted by Gasteiger charge is 2.25. The molecule has 1 aliphatic heterocycles. The minimum Gasteiger partial charge on any atom is -0.370 e. The molecule has 1 aliphatic rings. The topological polar surface area (TPSA) is 115 Å². The highest BCUT2D eigenvalue weighted by atomic mass is 32.2. The van der Waals surface area contributed by atoms with Crippen molar-refractivity contribution in [2.24, 2.45) is 17.2 Å². The van der Waals surface area contributed by atoms with E-state index in [0.29, 0.717) is 19.7 Å². The fourth-order valence-corrected chi connectivity index (χ4v) is 4.47. The van der Waals surface area contributed by atoms with Gasteiger partial charge in [-0.15, -0.1) is 11.3 Å². The number of hydrogen-bond acceptors (Lipinski definition) is 6. The first-order valence-corrected chi connectivity index (χ1v) is 10.4. The lowest BCUT2D eigenvalue weighted by Crippen LogP contribution is -2.47. The molecule has 0 amide bonds. The molecule has 1 fully saturated rings. The molecule has 3 heterocycles. The number of nitrogens with zero attached hydrogens (tertiary/aromatic N) is 4. The number of guanidine groups is 1. The lowest BCUT2D eigenvalue weighted by Gasteiger charge is -2.34. The number of morpholine rings is 1. The van der Waals surface area contributed by atoms with Crippen LogP contribution >= 0.6 is 11.3 Å². The van der Waals surface area contributed by atoms with Gasteiger partial charge in [0.1, 0.15) is 10.3 Å². The quantitative estimate of drug-likeness (QED) is 0.565. The number of aromatic nitrogens is 2. The molecular formula is C15H22N6O3S2. The second-order valence-corrected chi connectivity index (χ2v) is 8.88. The Bertz CT molecular complexity index is 889. The van der Waals surface area contributed by atoms with Crippen molar-refractivity contribution in [2.75, 3.05) is 26.7 Å². The highest BCUT2D eigenvalue weighted by molar-refractivity contribution is 7.91. The van der Waals surface area contributed by atoms with Gasteiger partial charge in [-0.3, -0.25) is 9.67 Å². The van der Waals surface area contributed by atoms with Gasteiger partial charge >= 0.3 is 0 Å². The molecule has 11 heteroatoms. The summed E-state index contributed by atoms with van der Waals surface area (Å²) in [5, 5.41) is 12.6. The zero-order valence-corrected chi connectivity index (χ0v) is 16.3. The van der Waals surface area contributed by atoms with Gasteiger partial charge < -0.3 is 15.0 Å². The van der Waals surface area contributed by atoms with Crippen molar-refractivity contribution in [3.63, 3.8) is 0 Å². The number of aliphatic imine (C=N–C) groups is 1. The number of sulfonamides is 1. The van der Waals surface area contributed by atoms with Crippen LogP contribution in [0, 0.1) is 0 Å². The van der Waals surface area contributed by atoms with Gasteiger partial charge in [-0.05, 0) is 12.1 Å². The summed E-state index contributed by atoms with van der Waals surface area (Å²) in [6, 6.07) is 3.27. The Morgan fingerprint density at radius 1 is 1.54 bits per heavy atom. The van der Waals surface area contributed by atoms with Crippen LogP contribution in [0.5, 0.6) is 0 Å². The van der Waals surface area contributed by atoms with Crippen molar-refractivity contribution in [3.8, 4) is 0 Å². The molecule has 0 spiro atoms. The van der Waals surface area contributed by atoms with Gasteiger partial charge in [-0.2, -0.15) is 5.10 Å². The molecule has 2 aromatic rings. The number of nitrogens with two attached hydrogens (primary N) is 1. The van der Waals surface area contributed by atoms with E-state index in [2.05, 4.69) is 20.3 Å². The Balaban J connectivity index is 1.62. The van der Waals surface area contributed by atoms with Crippen LogP contribution in [0.2, 0.25) is 0 Å². The normalized spacial score (nSPS) is 19.0. The average molecular weight is 399 g/mol. The molecule has 0 saturated carbocycles. The number of thiophene rings is 1. The molecule has 0 aromatic carbocycles. The van der Waals surface area contributed by atoms with Crippen molar-refractivity contribution in [2.45, 2.75) is 16.9 Å². The second kappa shape index (κ2) is 7.74. The summed E-state index contributed by atoms with van der Waals surface area (Å²) in [6.07, 6.45) is 3.70. The Morgan fingerprint density at radius 3 is 2.96 bits per heavy atom. The van der Waals surface area contributed by atoms with Crippen LogP contribution in [0.1, 0.15) is 16.5 Å². The smallest absolute Gasteiger partial charge is 0.247 e. The van der Waals surface area contributed by atoms with Crippen molar-refractivity contribution in [1.82, 2.24) is 20.0 Å². The standard InChI is InChI=1S/C15H22N6O3S2/c1-17-15(18-8-12-3-4-14(25-12)26(16,22)23)21-5-6-24-13(10-21)11-7-19-20(2)9-11/h3-4,7,9,13H,5-6,8,10H2,1-2H3,(H,17,18)(H2,16,22,23). The van der Waals surface area contributed by atoms with E-state index in [1.165, 1.54) is 6.07 Å². The van der Waals surface area contributed by atoms with E-state index >= 15 is 0 Å². The summed E-state index contributed by atoms with van der Waals surface area (Å²) in [5.41, 5.74) is 1.03. The molecule has 1 saturated heterocycles. The van der Waals surface area contributed by atoms with Crippen LogP contribution < -0.4 is 10.5 Å². The molecule has 0 radical (unpaired) electrons. The van der Waals surface area contributed by atoms with Crippen LogP contribution in [0.4, 0.5) is 0 Å². The number of rotatable bonds is 4. The molecule has 0 aliphatic carbocycles. The van der Waals surface area contributed by atoms with Crippen molar-refractivity contribution < 1.29 is 13.2 Å². The van der Waals surface area contributed by atoms with Gasteiger partial charge in [0.2, 0.25) is 10.0 Å². The van der Waals surface area contributed by atoms with E-state index in [0.717, 1.165) is 34.3 Å². The summed E-state index contributed by atoms with van der Waals surface area (Å²) < 4.78 is 30.5. The molecule has 3 rings (SSSR count). The van der Waals surface area contributed by atoms with Crippen LogP contribution in [-0.2, 0) is 28.4 Å². The first kappa shape index (κ1) is 18.8. The van der Waals surface area contributed by atoms with E-state index in [1.54, 1.807) is 17.8 Å². The van der Waals surface area contributed by atoms with E-state index in [-0.39, 0.29) is 10.3 Å². The van der Waals surface area contributed by atoms with Crippen LogP contribution in [0.15, 0.2) is 33.7 Å². The lowest BCUT2D eigenvalue weighted by atomic mass is 10.1. The summed E-state index contributed by atoms with van der Waals surface area (Å²) in [4.78, 5) is 7.32. The highest BCUT2D eigenvalue weighted by Crippen LogP contribution is 2.22. The zero-order chi connectivity index (χ0) is 18.7. The average Bonchev–Trinajstić information content (AvgIpc) is 3.24. The van der Waals surface area contributed by atoms with Crippen molar-refractivity contribution in [1.29, 1.82) is 0 Å². The number of nitrogens with one attached hydrogen (secondary N) is 1. The van der Waals surface area contributed by atoms with E-state index in [1.807, 2.05) is 19.4 Å². The van der Waals surface area contributed by atoms with Crippen LogP contribution in [-0.4, -0.2) is 55.8 Å². The number of ether oxygens (including phenoxy) is 1. The SMILES string of the molecule is CN=C(NCc1ccc(S(N)(=O)=O)s1)N1CCOC(c2cnn(C)c2)C1. The molecule has 1 unspecified atom stereocenters. The first-order valence-electron chi connectivity index (χ1n) is 8.04. The predicted molar refractivity (Wildman–Crippen MR) is 99.4 cm³/mol. The molecular weight excluding hydrogens is 376 g/mol. The van der Waals surface area contributed by atoms with E-state index in [9.17, 15) is 8.42 Å². The van der Waals surface area contributed by atoms with E-state index in [4.69, 9.17) is 9.88 Å². The van der Waals surface area contributed by atoms with Gasteiger partial charge in [0.15, 0.2) is 5.96 Å². The molecule has 142 valence electrons. The minimum absolute atomic E-state index is 0.0632. The molecule has 2 aromatic heterocycles. The molecule has 1 atom stereocenters.